The van der Waals surface area contributed by atoms with Gasteiger partial charge in [0.15, 0.2) is 5.41 Å². The molecule has 0 heterocycles. The third kappa shape index (κ3) is 7.04. The number of benzene rings is 1. The molecular formula is C21H30O6. The lowest BCUT2D eigenvalue weighted by molar-refractivity contribution is -0.173. The highest BCUT2D eigenvalue weighted by Crippen LogP contribution is 2.33. The summed E-state index contributed by atoms with van der Waals surface area (Å²) in [5, 5.41) is 0. The van der Waals surface area contributed by atoms with E-state index in [1.54, 1.807) is 34.6 Å². The van der Waals surface area contributed by atoms with Crippen LogP contribution in [0.15, 0.2) is 30.3 Å². The topological polar surface area (TPSA) is 78.9 Å². The van der Waals surface area contributed by atoms with Crippen LogP contribution >= 0.6 is 0 Å². The Morgan fingerprint density at radius 3 is 1.85 bits per heavy atom. The Morgan fingerprint density at radius 2 is 1.41 bits per heavy atom. The molecule has 0 unspecified atom stereocenters. The van der Waals surface area contributed by atoms with Crippen molar-refractivity contribution >= 4 is 17.9 Å². The van der Waals surface area contributed by atoms with Crippen molar-refractivity contribution in [3.05, 3.63) is 35.9 Å². The van der Waals surface area contributed by atoms with Crippen LogP contribution in [0.5, 0.6) is 0 Å². The van der Waals surface area contributed by atoms with E-state index in [0.717, 1.165) is 5.56 Å². The minimum Gasteiger partial charge on any atom is -0.465 e. The molecule has 0 spiro atoms. The van der Waals surface area contributed by atoms with E-state index in [2.05, 4.69) is 0 Å². The second-order valence-electron chi connectivity index (χ2n) is 7.27. The van der Waals surface area contributed by atoms with Crippen molar-refractivity contribution in [2.45, 2.75) is 59.5 Å². The Labute approximate surface area is 161 Å². The molecule has 27 heavy (non-hydrogen) atoms. The van der Waals surface area contributed by atoms with E-state index < -0.39 is 28.9 Å². The number of carbonyl (C=O) groups excluding carboxylic acids is 3. The van der Waals surface area contributed by atoms with Crippen LogP contribution < -0.4 is 0 Å². The lowest BCUT2D eigenvalue weighted by Crippen LogP contribution is -2.44. The summed E-state index contributed by atoms with van der Waals surface area (Å²) in [4.78, 5) is 37.8. The van der Waals surface area contributed by atoms with Gasteiger partial charge in [0.05, 0.1) is 13.2 Å². The summed E-state index contributed by atoms with van der Waals surface area (Å²) in [6.07, 6.45) is -0.0511. The summed E-state index contributed by atoms with van der Waals surface area (Å²) >= 11 is 0. The van der Waals surface area contributed by atoms with Gasteiger partial charge in [-0.2, -0.15) is 0 Å². The Balaban J connectivity index is 3.18. The summed E-state index contributed by atoms with van der Waals surface area (Å²) in [6.45, 7) is 8.88. The number of rotatable bonds is 9. The number of hydrogen-bond acceptors (Lipinski definition) is 6. The van der Waals surface area contributed by atoms with Crippen LogP contribution in [0.3, 0.4) is 0 Å². The fraction of sp³-hybridized carbons (Fsp3) is 0.571. The molecule has 0 bridgehead atoms. The molecule has 6 nitrogen and oxygen atoms in total. The molecule has 0 aliphatic carbocycles. The van der Waals surface area contributed by atoms with Crippen LogP contribution in [-0.2, 0) is 35.0 Å². The number of ether oxygens (including phenoxy) is 3. The van der Waals surface area contributed by atoms with Crippen molar-refractivity contribution < 1.29 is 28.6 Å². The molecule has 0 saturated carbocycles. The van der Waals surface area contributed by atoms with Crippen LogP contribution in [0.25, 0.3) is 0 Å². The molecule has 0 atom stereocenters. The maximum absolute atomic E-state index is 12.8. The van der Waals surface area contributed by atoms with Gasteiger partial charge in [0.1, 0.15) is 5.60 Å². The summed E-state index contributed by atoms with van der Waals surface area (Å²) in [7, 11) is 0. The van der Waals surface area contributed by atoms with Crippen LogP contribution in [-0.4, -0.2) is 36.7 Å². The third-order valence-electron chi connectivity index (χ3n) is 3.86. The number of esters is 3. The molecular weight excluding hydrogens is 348 g/mol. The van der Waals surface area contributed by atoms with Crippen molar-refractivity contribution in [2.24, 2.45) is 5.41 Å². The van der Waals surface area contributed by atoms with E-state index in [0.29, 0.717) is 0 Å². The van der Waals surface area contributed by atoms with Crippen molar-refractivity contribution in [3.8, 4) is 0 Å². The van der Waals surface area contributed by atoms with E-state index in [1.807, 2.05) is 30.3 Å². The molecule has 0 fully saturated rings. The third-order valence-corrected chi connectivity index (χ3v) is 3.86. The molecule has 0 aromatic heterocycles. The van der Waals surface area contributed by atoms with E-state index in [1.165, 1.54) is 0 Å². The Morgan fingerprint density at radius 1 is 0.889 bits per heavy atom. The maximum atomic E-state index is 12.8. The standard InChI is InChI=1S/C21H30O6/c1-6-25-18(23)21(19(24)26-7-2,15-16-11-9-8-10-12-16)14-13-17(22)27-20(3,4)5/h8-12H,6-7,13-15H2,1-5H3. The first-order chi connectivity index (χ1) is 12.6. The predicted octanol–water partition coefficient (Wildman–Crippen LogP) is 3.46. The SMILES string of the molecule is CCOC(=O)C(CCC(=O)OC(C)(C)C)(Cc1ccccc1)C(=O)OCC. The maximum Gasteiger partial charge on any atom is 0.323 e. The van der Waals surface area contributed by atoms with Gasteiger partial charge >= 0.3 is 17.9 Å². The lowest BCUT2D eigenvalue weighted by Gasteiger charge is -2.29. The van der Waals surface area contributed by atoms with Crippen molar-refractivity contribution in [3.63, 3.8) is 0 Å². The minimum atomic E-state index is -1.59. The molecule has 6 heteroatoms. The molecule has 0 amide bonds. The summed E-state index contributed by atoms with van der Waals surface area (Å²) in [6, 6.07) is 9.14. The molecule has 0 radical (unpaired) electrons. The molecule has 0 saturated heterocycles. The fourth-order valence-corrected chi connectivity index (χ4v) is 2.71. The number of carbonyl (C=O) groups is 3. The highest BCUT2D eigenvalue weighted by Gasteiger charge is 2.49. The zero-order valence-corrected chi connectivity index (χ0v) is 16.9. The van der Waals surface area contributed by atoms with Crippen molar-refractivity contribution in [1.29, 1.82) is 0 Å². The summed E-state index contributed by atoms with van der Waals surface area (Å²) in [5.41, 5.74) is -1.46. The minimum absolute atomic E-state index is 0.0471. The summed E-state index contributed by atoms with van der Waals surface area (Å²) in [5.74, 6) is -1.85. The molecule has 1 aromatic rings. The average Bonchev–Trinajstić information content (AvgIpc) is 2.58. The van der Waals surface area contributed by atoms with Gasteiger partial charge in [-0.05, 0) is 53.0 Å². The quantitative estimate of drug-likeness (QED) is 0.372. The second kappa shape index (κ2) is 10.1. The van der Waals surface area contributed by atoms with E-state index >= 15 is 0 Å². The normalized spacial score (nSPS) is 11.6. The molecule has 150 valence electrons. The fourth-order valence-electron chi connectivity index (χ4n) is 2.71. The first-order valence-corrected chi connectivity index (χ1v) is 9.25. The molecule has 1 rings (SSSR count). The molecule has 0 aliphatic heterocycles. The van der Waals surface area contributed by atoms with Gasteiger partial charge in [-0.3, -0.25) is 14.4 Å². The first kappa shape index (κ1) is 22.7. The highest BCUT2D eigenvalue weighted by molar-refractivity contribution is 6.00. The van der Waals surface area contributed by atoms with Gasteiger partial charge in [0.2, 0.25) is 0 Å². The van der Waals surface area contributed by atoms with Gasteiger partial charge in [-0.1, -0.05) is 30.3 Å². The zero-order chi connectivity index (χ0) is 20.5. The number of hydrogen-bond donors (Lipinski definition) is 0. The van der Waals surface area contributed by atoms with Crippen LogP contribution in [0.2, 0.25) is 0 Å². The van der Waals surface area contributed by atoms with Crippen LogP contribution in [0.1, 0.15) is 53.0 Å². The van der Waals surface area contributed by atoms with Crippen molar-refractivity contribution in [1.82, 2.24) is 0 Å². The molecule has 0 N–H and O–H groups in total. The first-order valence-electron chi connectivity index (χ1n) is 9.25. The van der Waals surface area contributed by atoms with E-state index in [-0.39, 0.29) is 32.5 Å². The monoisotopic (exact) mass is 378 g/mol. The Bertz CT molecular complexity index is 612. The van der Waals surface area contributed by atoms with Gasteiger partial charge in [-0.15, -0.1) is 0 Å². The smallest absolute Gasteiger partial charge is 0.323 e. The zero-order valence-electron chi connectivity index (χ0n) is 16.9. The second-order valence-corrected chi connectivity index (χ2v) is 7.27. The largest absolute Gasteiger partial charge is 0.465 e. The predicted molar refractivity (Wildman–Crippen MR) is 101 cm³/mol. The lowest BCUT2D eigenvalue weighted by atomic mass is 9.77. The van der Waals surface area contributed by atoms with E-state index in [9.17, 15) is 14.4 Å². The van der Waals surface area contributed by atoms with Gasteiger partial charge < -0.3 is 14.2 Å². The summed E-state index contributed by atoms with van der Waals surface area (Å²) < 4.78 is 15.7. The molecule has 1 aromatic carbocycles. The average molecular weight is 378 g/mol. The van der Waals surface area contributed by atoms with Crippen molar-refractivity contribution in [2.75, 3.05) is 13.2 Å². The Hall–Kier alpha value is -2.37. The van der Waals surface area contributed by atoms with Crippen LogP contribution in [0.4, 0.5) is 0 Å². The van der Waals surface area contributed by atoms with Gasteiger partial charge in [-0.25, -0.2) is 0 Å². The van der Waals surface area contributed by atoms with Crippen LogP contribution in [0, 0.1) is 5.41 Å². The van der Waals surface area contributed by atoms with E-state index in [4.69, 9.17) is 14.2 Å². The molecule has 0 aliphatic rings. The van der Waals surface area contributed by atoms with Gasteiger partial charge in [0.25, 0.3) is 0 Å². The Kier molecular flexibility index (Phi) is 8.47. The van der Waals surface area contributed by atoms with Gasteiger partial charge in [0, 0.05) is 6.42 Å². The highest BCUT2D eigenvalue weighted by atomic mass is 16.6.